The van der Waals surface area contributed by atoms with E-state index < -0.39 is 12.2 Å². The van der Waals surface area contributed by atoms with Crippen LogP contribution in [-0.2, 0) is 0 Å². The van der Waals surface area contributed by atoms with Gasteiger partial charge in [-0.05, 0) is 18.2 Å². The largest absolute Gasteiger partial charge is 0.508 e. The van der Waals surface area contributed by atoms with Gasteiger partial charge in [-0.25, -0.2) is 0 Å². The van der Waals surface area contributed by atoms with E-state index in [0.29, 0.717) is 13.1 Å². The molecule has 1 heterocycles. The highest BCUT2D eigenvalue weighted by Gasteiger charge is 2.46. The van der Waals surface area contributed by atoms with Gasteiger partial charge in [0.2, 0.25) is 0 Å². The Morgan fingerprint density at radius 3 is 2.40 bits per heavy atom. The monoisotopic (exact) mass is 330 g/mol. The minimum Gasteiger partial charge on any atom is -0.508 e. The molecule has 0 aromatic heterocycles. The van der Waals surface area contributed by atoms with Crippen molar-refractivity contribution in [2.24, 2.45) is 0 Å². The lowest BCUT2D eigenvalue weighted by Crippen LogP contribution is -2.49. The molecular formula is C12H15Cl2F3N2O. The van der Waals surface area contributed by atoms with Crippen LogP contribution in [0.4, 0.5) is 13.2 Å². The van der Waals surface area contributed by atoms with Gasteiger partial charge < -0.3 is 10.4 Å². The van der Waals surface area contributed by atoms with Crippen molar-refractivity contribution in [3.05, 3.63) is 28.8 Å². The summed E-state index contributed by atoms with van der Waals surface area (Å²) >= 11 is 5.74. The zero-order valence-corrected chi connectivity index (χ0v) is 12.0. The SMILES string of the molecule is Cl.Oc1ccc(Cl)cc1[C@@H](N1CCNCC1)C(F)(F)F. The van der Waals surface area contributed by atoms with E-state index in [2.05, 4.69) is 5.32 Å². The summed E-state index contributed by atoms with van der Waals surface area (Å²) in [6.07, 6.45) is -4.46. The quantitative estimate of drug-likeness (QED) is 0.875. The van der Waals surface area contributed by atoms with Gasteiger partial charge in [0.15, 0.2) is 0 Å². The molecule has 2 rings (SSSR count). The summed E-state index contributed by atoms with van der Waals surface area (Å²) in [5, 5.41) is 12.9. The number of aromatic hydroxyl groups is 1. The van der Waals surface area contributed by atoms with E-state index >= 15 is 0 Å². The van der Waals surface area contributed by atoms with Crippen LogP contribution >= 0.6 is 24.0 Å². The third kappa shape index (κ3) is 3.91. The molecular weight excluding hydrogens is 316 g/mol. The number of piperazine rings is 1. The molecule has 1 atom stereocenters. The fraction of sp³-hybridized carbons (Fsp3) is 0.500. The predicted molar refractivity (Wildman–Crippen MR) is 73.6 cm³/mol. The number of rotatable bonds is 2. The first-order chi connectivity index (χ1) is 8.89. The van der Waals surface area contributed by atoms with Gasteiger partial charge in [0.1, 0.15) is 11.8 Å². The Kier molecular flexibility index (Phi) is 5.94. The summed E-state index contributed by atoms with van der Waals surface area (Å²) in [5.41, 5.74) is -0.193. The van der Waals surface area contributed by atoms with Gasteiger partial charge in [-0.3, -0.25) is 4.90 Å². The lowest BCUT2D eigenvalue weighted by molar-refractivity contribution is -0.188. The van der Waals surface area contributed by atoms with Gasteiger partial charge in [-0.2, -0.15) is 13.2 Å². The molecule has 2 N–H and O–H groups in total. The number of hydrogen-bond acceptors (Lipinski definition) is 3. The molecule has 1 aliphatic heterocycles. The predicted octanol–water partition coefficient (Wildman–Crippen LogP) is 2.98. The van der Waals surface area contributed by atoms with Crippen LogP contribution in [0, 0.1) is 0 Å². The summed E-state index contributed by atoms with van der Waals surface area (Å²) in [6.45, 7) is 1.54. The zero-order chi connectivity index (χ0) is 14.0. The third-order valence-corrected chi connectivity index (χ3v) is 3.35. The summed E-state index contributed by atoms with van der Waals surface area (Å²) in [7, 11) is 0. The Balaban J connectivity index is 0.00000200. The first-order valence-electron chi connectivity index (χ1n) is 5.89. The highest BCUT2D eigenvalue weighted by molar-refractivity contribution is 6.30. The average molecular weight is 331 g/mol. The number of benzene rings is 1. The van der Waals surface area contributed by atoms with Crippen LogP contribution in [0.3, 0.4) is 0 Å². The fourth-order valence-corrected chi connectivity index (χ4v) is 2.45. The molecule has 3 nitrogen and oxygen atoms in total. The Bertz CT molecular complexity index is 451. The minimum atomic E-state index is -4.46. The average Bonchev–Trinajstić information content (AvgIpc) is 2.33. The van der Waals surface area contributed by atoms with E-state index in [4.69, 9.17) is 11.6 Å². The van der Waals surface area contributed by atoms with Gasteiger partial charge in [0.25, 0.3) is 0 Å². The number of phenols is 1. The van der Waals surface area contributed by atoms with Crippen molar-refractivity contribution in [1.82, 2.24) is 10.2 Å². The molecule has 0 unspecified atom stereocenters. The first-order valence-corrected chi connectivity index (χ1v) is 6.27. The Morgan fingerprint density at radius 2 is 1.85 bits per heavy atom. The molecule has 114 valence electrons. The molecule has 0 aliphatic carbocycles. The van der Waals surface area contributed by atoms with Gasteiger partial charge in [0, 0.05) is 36.8 Å². The Labute approximate surface area is 126 Å². The molecule has 0 saturated carbocycles. The number of nitrogens with zero attached hydrogens (tertiary/aromatic N) is 1. The van der Waals surface area contributed by atoms with E-state index in [0.717, 1.165) is 0 Å². The molecule has 1 aromatic rings. The van der Waals surface area contributed by atoms with Crippen LogP contribution < -0.4 is 5.32 Å². The lowest BCUT2D eigenvalue weighted by atomic mass is 10.0. The smallest absolute Gasteiger partial charge is 0.408 e. The van der Waals surface area contributed by atoms with Crippen molar-refractivity contribution in [1.29, 1.82) is 0 Å². The molecule has 20 heavy (non-hydrogen) atoms. The summed E-state index contributed by atoms with van der Waals surface area (Å²) in [5.74, 6) is -0.384. The van der Waals surface area contributed by atoms with E-state index in [1.807, 2.05) is 0 Å². The molecule has 8 heteroatoms. The highest BCUT2D eigenvalue weighted by atomic mass is 35.5. The Morgan fingerprint density at radius 1 is 1.25 bits per heavy atom. The van der Waals surface area contributed by atoms with Crippen LogP contribution in [0.2, 0.25) is 5.02 Å². The number of nitrogens with one attached hydrogen (secondary N) is 1. The van der Waals surface area contributed by atoms with Gasteiger partial charge >= 0.3 is 6.18 Å². The van der Waals surface area contributed by atoms with Crippen LogP contribution in [0.5, 0.6) is 5.75 Å². The number of phenolic OH excluding ortho intramolecular Hbond substituents is 1. The lowest BCUT2D eigenvalue weighted by Gasteiger charge is -2.36. The van der Waals surface area contributed by atoms with Crippen LogP contribution in [0.1, 0.15) is 11.6 Å². The van der Waals surface area contributed by atoms with E-state index in [-0.39, 0.29) is 41.8 Å². The normalized spacial score (nSPS) is 18.4. The molecule has 1 saturated heterocycles. The van der Waals surface area contributed by atoms with Crippen molar-refractivity contribution in [3.8, 4) is 5.75 Å². The second kappa shape index (κ2) is 6.85. The second-order valence-corrected chi connectivity index (χ2v) is 4.87. The highest BCUT2D eigenvalue weighted by Crippen LogP contribution is 2.42. The van der Waals surface area contributed by atoms with Crippen LogP contribution in [-0.4, -0.2) is 42.4 Å². The van der Waals surface area contributed by atoms with Crippen molar-refractivity contribution in [2.45, 2.75) is 12.2 Å². The van der Waals surface area contributed by atoms with Crippen molar-refractivity contribution in [3.63, 3.8) is 0 Å². The number of halogens is 5. The topological polar surface area (TPSA) is 35.5 Å². The maximum atomic E-state index is 13.3. The van der Waals surface area contributed by atoms with E-state index in [1.54, 1.807) is 0 Å². The molecule has 1 aliphatic rings. The molecule has 0 spiro atoms. The minimum absolute atomic E-state index is 0. The van der Waals surface area contributed by atoms with Gasteiger partial charge in [-0.1, -0.05) is 11.6 Å². The summed E-state index contributed by atoms with van der Waals surface area (Å²) in [4.78, 5) is 1.31. The third-order valence-electron chi connectivity index (χ3n) is 3.11. The zero-order valence-electron chi connectivity index (χ0n) is 10.5. The molecule has 0 amide bonds. The van der Waals surface area contributed by atoms with Crippen molar-refractivity contribution < 1.29 is 18.3 Å². The summed E-state index contributed by atoms with van der Waals surface area (Å²) in [6, 6.07) is 1.91. The van der Waals surface area contributed by atoms with E-state index in [1.165, 1.54) is 23.1 Å². The van der Waals surface area contributed by atoms with Crippen LogP contribution in [0.25, 0.3) is 0 Å². The maximum absolute atomic E-state index is 13.3. The van der Waals surface area contributed by atoms with Crippen molar-refractivity contribution in [2.75, 3.05) is 26.2 Å². The fourth-order valence-electron chi connectivity index (χ4n) is 2.26. The first kappa shape index (κ1) is 17.4. The van der Waals surface area contributed by atoms with Crippen LogP contribution in [0.15, 0.2) is 18.2 Å². The van der Waals surface area contributed by atoms with E-state index in [9.17, 15) is 18.3 Å². The second-order valence-electron chi connectivity index (χ2n) is 4.43. The number of hydrogen-bond donors (Lipinski definition) is 2. The molecule has 0 radical (unpaired) electrons. The maximum Gasteiger partial charge on any atom is 0.408 e. The molecule has 1 fully saturated rings. The molecule has 1 aromatic carbocycles. The van der Waals surface area contributed by atoms with Gasteiger partial charge in [0.05, 0.1) is 0 Å². The molecule has 0 bridgehead atoms. The summed E-state index contributed by atoms with van der Waals surface area (Å²) < 4.78 is 39.9. The van der Waals surface area contributed by atoms with Crippen molar-refractivity contribution >= 4 is 24.0 Å². The number of alkyl halides is 3. The Hall–Kier alpha value is -0.690. The standard InChI is InChI=1S/C12H14ClF3N2O.ClH/c13-8-1-2-10(19)9(7-8)11(12(14,15)16)18-5-3-17-4-6-18;/h1-2,7,11,17,19H,3-6H2;1H/t11-;/m1./s1. The van der Waals surface area contributed by atoms with Gasteiger partial charge in [-0.15, -0.1) is 12.4 Å².